The molecule has 0 aliphatic carbocycles. The number of nitrogens with zero attached hydrogens (tertiary/aromatic N) is 4. The number of carbonyl (C=O) groups excluding carboxylic acids is 1. The normalized spacial score (nSPS) is 11.0. The summed E-state index contributed by atoms with van der Waals surface area (Å²) in [6.07, 6.45) is 0.486. The Morgan fingerprint density at radius 1 is 1.17 bits per heavy atom. The molecule has 0 saturated heterocycles. The van der Waals surface area contributed by atoms with Crippen LogP contribution in [0.25, 0.3) is 16.7 Å². The van der Waals surface area contributed by atoms with Crippen LogP contribution in [0.5, 0.6) is 5.75 Å². The van der Waals surface area contributed by atoms with E-state index >= 15 is 0 Å². The van der Waals surface area contributed by atoms with Crippen LogP contribution in [0.3, 0.4) is 0 Å². The maximum absolute atomic E-state index is 12.2. The largest absolute Gasteiger partial charge is 0.481 e. The van der Waals surface area contributed by atoms with Gasteiger partial charge in [0, 0.05) is 12.7 Å². The molecule has 4 rings (SSSR count). The number of benzene rings is 2. The van der Waals surface area contributed by atoms with Crippen LogP contribution in [0, 0.1) is 6.92 Å². The molecule has 0 unspecified atom stereocenters. The van der Waals surface area contributed by atoms with Crippen molar-refractivity contribution in [3.63, 3.8) is 0 Å². The third kappa shape index (κ3) is 4.25. The molecule has 0 atom stereocenters. The number of hydrogen-bond donors (Lipinski definition) is 2. The lowest BCUT2D eigenvalue weighted by Gasteiger charge is -2.12. The number of ether oxygens (including phenoxy) is 1. The fourth-order valence-electron chi connectivity index (χ4n) is 2.84. The molecule has 2 aromatic heterocycles. The summed E-state index contributed by atoms with van der Waals surface area (Å²) < 4.78 is 10.7. The number of anilines is 1. The summed E-state index contributed by atoms with van der Waals surface area (Å²) in [5.41, 5.74) is 2.96. The van der Waals surface area contributed by atoms with Crippen molar-refractivity contribution in [2.45, 2.75) is 13.3 Å². The topological polar surface area (TPSA) is 115 Å². The zero-order valence-electron chi connectivity index (χ0n) is 15.7. The summed E-state index contributed by atoms with van der Waals surface area (Å²) >= 11 is 0. The minimum atomic E-state index is -0.373. The first-order valence-corrected chi connectivity index (χ1v) is 9.04. The molecular weight excluding hydrogens is 374 g/mol. The van der Waals surface area contributed by atoms with Gasteiger partial charge in [0.15, 0.2) is 12.4 Å². The Bertz CT molecular complexity index is 1120. The van der Waals surface area contributed by atoms with Gasteiger partial charge in [-0.15, -0.1) is 15.0 Å². The van der Waals surface area contributed by atoms with E-state index in [4.69, 9.17) is 9.26 Å². The van der Waals surface area contributed by atoms with Gasteiger partial charge in [0.25, 0.3) is 5.91 Å². The van der Waals surface area contributed by atoms with Crippen molar-refractivity contribution in [1.29, 1.82) is 0 Å². The number of carbonyl (C=O) groups is 1. The number of nitrogens with one attached hydrogen (secondary N) is 1. The van der Waals surface area contributed by atoms with Crippen molar-refractivity contribution in [2.75, 3.05) is 18.5 Å². The van der Waals surface area contributed by atoms with Crippen molar-refractivity contribution in [1.82, 2.24) is 20.2 Å². The summed E-state index contributed by atoms with van der Waals surface area (Å²) in [4.78, 5) is 13.6. The summed E-state index contributed by atoms with van der Waals surface area (Å²) in [6, 6.07) is 14.5. The molecular formula is C20H19N5O4. The van der Waals surface area contributed by atoms with E-state index in [2.05, 4.69) is 20.7 Å². The van der Waals surface area contributed by atoms with Crippen LogP contribution >= 0.6 is 0 Å². The molecule has 2 aromatic carbocycles. The van der Waals surface area contributed by atoms with Crippen LogP contribution in [-0.2, 0) is 11.2 Å². The minimum absolute atomic E-state index is 0.0215. The standard InChI is InChI=1S/C20H19N5O4/c1-13-10-19(24-29-13)21-20(27)12-28-18-7-6-14(8-9-26)11-17(18)25-22-15-4-2-3-5-16(15)23-25/h2-7,10-11,26H,8-9,12H2,1H3,(H,21,24,27). The van der Waals surface area contributed by atoms with E-state index < -0.39 is 0 Å². The van der Waals surface area contributed by atoms with Crippen molar-refractivity contribution < 1.29 is 19.2 Å². The van der Waals surface area contributed by atoms with E-state index in [9.17, 15) is 9.90 Å². The number of aromatic nitrogens is 4. The number of rotatable bonds is 7. The van der Waals surface area contributed by atoms with E-state index in [-0.39, 0.29) is 19.1 Å². The summed E-state index contributed by atoms with van der Waals surface area (Å²) in [5.74, 6) is 0.996. The van der Waals surface area contributed by atoms with Gasteiger partial charge in [0.05, 0.1) is 0 Å². The predicted molar refractivity (Wildman–Crippen MR) is 105 cm³/mol. The average Bonchev–Trinajstić information content (AvgIpc) is 3.33. The molecule has 0 aliphatic rings. The van der Waals surface area contributed by atoms with Gasteiger partial charge in [-0.2, -0.15) is 0 Å². The summed E-state index contributed by atoms with van der Waals surface area (Å²) in [5, 5.41) is 24.5. The fraction of sp³-hybridized carbons (Fsp3) is 0.200. The van der Waals surface area contributed by atoms with E-state index in [1.165, 1.54) is 4.80 Å². The van der Waals surface area contributed by atoms with Crippen LogP contribution < -0.4 is 10.1 Å². The smallest absolute Gasteiger partial charge is 0.263 e. The zero-order valence-corrected chi connectivity index (χ0v) is 15.7. The number of aliphatic hydroxyl groups excluding tert-OH is 1. The zero-order chi connectivity index (χ0) is 20.2. The lowest BCUT2D eigenvalue weighted by Crippen LogP contribution is -2.21. The maximum Gasteiger partial charge on any atom is 0.263 e. The minimum Gasteiger partial charge on any atom is -0.481 e. The summed E-state index contributed by atoms with van der Waals surface area (Å²) in [7, 11) is 0. The van der Waals surface area contributed by atoms with Gasteiger partial charge in [-0.25, -0.2) is 0 Å². The fourth-order valence-corrected chi connectivity index (χ4v) is 2.84. The van der Waals surface area contributed by atoms with E-state index in [1.807, 2.05) is 36.4 Å². The van der Waals surface area contributed by atoms with Crippen molar-refractivity contribution in [2.24, 2.45) is 0 Å². The lowest BCUT2D eigenvalue weighted by molar-refractivity contribution is -0.118. The second kappa shape index (κ2) is 8.11. The molecule has 0 spiro atoms. The highest BCUT2D eigenvalue weighted by Crippen LogP contribution is 2.25. The number of amides is 1. The van der Waals surface area contributed by atoms with E-state index in [0.717, 1.165) is 16.6 Å². The van der Waals surface area contributed by atoms with Crippen molar-refractivity contribution >= 4 is 22.8 Å². The Balaban J connectivity index is 1.57. The Labute approximate surface area is 165 Å². The lowest BCUT2D eigenvalue weighted by atomic mass is 10.1. The van der Waals surface area contributed by atoms with E-state index in [0.29, 0.717) is 29.4 Å². The third-order valence-electron chi connectivity index (χ3n) is 4.18. The van der Waals surface area contributed by atoms with Gasteiger partial charge in [0.1, 0.15) is 28.2 Å². The van der Waals surface area contributed by atoms with Gasteiger partial charge in [0.2, 0.25) is 0 Å². The quantitative estimate of drug-likeness (QED) is 0.495. The van der Waals surface area contributed by atoms with Gasteiger partial charge in [-0.3, -0.25) is 4.79 Å². The molecule has 9 nitrogen and oxygen atoms in total. The first-order valence-electron chi connectivity index (χ1n) is 9.04. The molecule has 2 N–H and O–H groups in total. The first kappa shape index (κ1) is 18.6. The molecule has 2 heterocycles. The van der Waals surface area contributed by atoms with E-state index in [1.54, 1.807) is 19.1 Å². The van der Waals surface area contributed by atoms with Crippen LogP contribution in [0.1, 0.15) is 11.3 Å². The van der Waals surface area contributed by atoms with Crippen LogP contribution in [-0.4, -0.2) is 44.4 Å². The molecule has 9 heteroatoms. The Hall–Kier alpha value is -3.72. The molecule has 29 heavy (non-hydrogen) atoms. The Kier molecular flexibility index (Phi) is 5.21. The van der Waals surface area contributed by atoms with Gasteiger partial charge in [-0.05, 0) is 43.2 Å². The molecule has 1 amide bonds. The third-order valence-corrected chi connectivity index (χ3v) is 4.18. The van der Waals surface area contributed by atoms with Crippen LogP contribution in [0.4, 0.5) is 5.82 Å². The highest BCUT2D eigenvalue weighted by atomic mass is 16.5. The summed E-state index contributed by atoms with van der Waals surface area (Å²) in [6.45, 7) is 1.53. The monoisotopic (exact) mass is 393 g/mol. The van der Waals surface area contributed by atoms with Crippen LogP contribution in [0.2, 0.25) is 0 Å². The Morgan fingerprint density at radius 2 is 1.93 bits per heavy atom. The Morgan fingerprint density at radius 3 is 2.59 bits per heavy atom. The molecule has 0 aliphatic heterocycles. The van der Waals surface area contributed by atoms with Crippen molar-refractivity contribution in [3.8, 4) is 11.4 Å². The number of aryl methyl sites for hydroxylation is 1. The SMILES string of the molecule is Cc1cc(NC(=O)COc2ccc(CCO)cc2-n2nc3ccccc3n2)no1. The molecule has 0 fully saturated rings. The first-order chi connectivity index (χ1) is 14.1. The molecule has 4 aromatic rings. The molecule has 0 bridgehead atoms. The maximum atomic E-state index is 12.2. The van der Waals surface area contributed by atoms with Crippen LogP contribution in [0.15, 0.2) is 53.1 Å². The molecule has 0 saturated carbocycles. The second-order valence-corrected chi connectivity index (χ2v) is 6.41. The van der Waals surface area contributed by atoms with Crippen molar-refractivity contribution in [3.05, 3.63) is 59.9 Å². The van der Waals surface area contributed by atoms with Gasteiger partial charge < -0.3 is 19.7 Å². The molecule has 0 radical (unpaired) electrons. The van der Waals surface area contributed by atoms with Gasteiger partial charge in [-0.1, -0.05) is 23.4 Å². The number of aliphatic hydroxyl groups is 1. The second-order valence-electron chi connectivity index (χ2n) is 6.41. The predicted octanol–water partition coefficient (Wildman–Crippen LogP) is 2.27. The van der Waals surface area contributed by atoms with Gasteiger partial charge >= 0.3 is 0 Å². The molecule has 148 valence electrons. The highest BCUT2D eigenvalue weighted by molar-refractivity contribution is 5.91. The average molecular weight is 393 g/mol. The highest BCUT2D eigenvalue weighted by Gasteiger charge is 2.14. The number of fused-ring (bicyclic) bond motifs is 1. The number of hydrogen-bond acceptors (Lipinski definition) is 7.